The Labute approximate surface area is 112 Å². The zero-order valence-corrected chi connectivity index (χ0v) is 11.9. The molecule has 3 fully saturated rings. The highest BCUT2D eigenvalue weighted by Gasteiger charge is 2.33. The Morgan fingerprint density at radius 1 is 1.00 bits per heavy atom. The molecule has 0 amide bonds. The van der Waals surface area contributed by atoms with Crippen LogP contribution in [0.2, 0.25) is 0 Å². The summed E-state index contributed by atoms with van der Waals surface area (Å²) in [6, 6.07) is 1.41. The Morgan fingerprint density at radius 3 is 2.39 bits per heavy atom. The highest BCUT2D eigenvalue weighted by atomic mass is 15.3. The number of nitrogens with zero attached hydrogens (tertiary/aromatic N) is 2. The van der Waals surface area contributed by atoms with Crippen molar-refractivity contribution in [3.8, 4) is 0 Å². The van der Waals surface area contributed by atoms with Crippen molar-refractivity contribution >= 4 is 0 Å². The van der Waals surface area contributed by atoms with Gasteiger partial charge in [0.15, 0.2) is 0 Å². The van der Waals surface area contributed by atoms with Gasteiger partial charge in [0.2, 0.25) is 0 Å². The summed E-state index contributed by atoms with van der Waals surface area (Å²) >= 11 is 0. The summed E-state index contributed by atoms with van der Waals surface area (Å²) in [6.45, 7) is 8.78. The lowest BCUT2D eigenvalue weighted by atomic mass is 9.79. The molecular formula is C15H29N3. The Kier molecular flexibility index (Phi) is 3.92. The molecule has 3 rings (SSSR count). The summed E-state index contributed by atoms with van der Waals surface area (Å²) in [4.78, 5) is 5.36. The number of piperazine rings is 1. The molecule has 2 saturated carbocycles. The summed E-state index contributed by atoms with van der Waals surface area (Å²) in [6.07, 6.45) is 6.83. The monoisotopic (exact) mass is 251 g/mol. The second-order valence-corrected chi connectivity index (χ2v) is 6.91. The van der Waals surface area contributed by atoms with E-state index in [2.05, 4.69) is 16.7 Å². The maximum Gasteiger partial charge on any atom is 0.0113 e. The second-order valence-electron chi connectivity index (χ2n) is 6.91. The summed E-state index contributed by atoms with van der Waals surface area (Å²) in [5.74, 6) is 1.64. The summed E-state index contributed by atoms with van der Waals surface area (Å²) in [5, 5.41) is 0. The zero-order chi connectivity index (χ0) is 12.5. The Balaban J connectivity index is 1.44. The van der Waals surface area contributed by atoms with Gasteiger partial charge in [0.1, 0.15) is 0 Å². The van der Waals surface area contributed by atoms with E-state index in [-0.39, 0.29) is 0 Å². The molecule has 1 heterocycles. The normalized spacial score (nSPS) is 40.0. The fourth-order valence-corrected chi connectivity index (χ4v) is 3.81. The van der Waals surface area contributed by atoms with E-state index in [0.717, 1.165) is 17.9 Å². The Morgan fingerprint density at radius 2 is 1.72 bits per heavy atom. The first-order valence-electron chi connectivity index (χ1n) is 7.94. The zero-order valence-electron chi connectivity index (χ0n) is 11.9. The Hall–Kier alpha value is -0.120. The standard InChI is InChI=1S/C15H29N3/c1-12-2-5-15(16)13(10-12)11-17-6-8-18(9-7-17)14-3-4-14/h12-15H,2-11,16H2,1H3. The van der Waals surface area contributed by atoms with Gasteiger partial charge in [-0.1, -0.05) is 6.92 Å². The van der Waals surface area contributed by atoms with Crippen LogP contribution in [0.4, 0.5) is 0 Å². The van der Waals surface area contributed by atoms with Crippen molar-refractivity contribution in [2.24, 2.45) is 17.6 Å². The number of rotatable bonds is 3. The average Bonchev–Trinajstić information content (AvgIpc) is 3.19. The van der Waals surface area contributed by atoms with Crippen LogP contribution in [0, 0.1) is 11.8 Å². The predicted octanol–water partition coefficient (Wildman–Crippen LogP) is 1.53. The second kappa shape index (κ2) is 5.48. The van der Waals surface area contributed by atoms with E-state index < -0.39 is 0 Å². The third-order valence-corrected chi connectivity index (χ3v) is 5.27. The minimum Gasteiger partial charge on any atom is -0.327 e. The predicted molar refractivity (Wildman–Crippen MR) is 75.5 cm³/mol. The van der Waals surface area contributed by atoms with Gasteiger partial charge in [-0.2, -0.15) is 0 Å². The van der Waals surface area contributed by atoms with Crippen LogP contribution in [0.3, 0.4) is 0 Å². The fourth-order valence-electron chi connectivity index (χ4n) is 3.81. The molecule has 0 bridgehead atoms. The van der Waals surface area contributed by atoms with E-state index in [4.69, 9.17) is 5.73 Å². The van der Waals surface area contributed by atoms with Gasteiger partial charge in [0.25, 0.3) is 0 Å². The minimum atomic E-state index is 0.461. The first-order chi connectivity index (χ1) is 8.72. The van der Waals surface area contributed by atoms with Crippen LogP contribution in [-0.4, -0.2) is 54.6 Å². The summed E-state index contributed by atoms with van der Waals surface area (Å²) in [7, 11) is 0. The van der Waals surface area contributed by atoms with Crippen LogP contribution in [-0.2, 0) is 0 Å². The van der Waals surface area contributed by atoms with Crippen LogP contribution in [0.5, 0.6) is 0 Å². The van der Waals surface area contributed by atoms with Crippen molar-refractivity contribution in [3.63, 3.8) is 0 Å². The third-order valence-electron chi connectivity index (χ3n) is 5.27. The van der Waals surface area contributed by atoms with Gasteiger partial charge in [-0.05, 0) is 43.9 Å². The molecule has 2 aliphatic carbocycles. The average molecular weight is 251 g/mol. The van der Waals surface area contributed by atoms with Crippen molar-refractivity contribution in [3.05, 3.63) is 0 Å². The van der Waals surface area contributed by atoms with E-state index in [1.54, 1.807) is 0 Å². The molecule has 2 N–H and O–H groups in total. The van der Waals surface area contributed by atoms with Gasteiger partial charge in [-0.25, -0.2) is 0 Å². The number of hydrogen-bond acceptors (Lipinski definition) is 3. The molecule has 3 unspecified atom stereocenters. The molecule has 0 radical (unpaired) electrons. The topological polar surface area (TPSA) is 32.5 Å². The molecule has 0 aromatic carbocycles. The van der Waals surface area contributed by atoms with Crippen molar-refractivity contribution < 1.29 is 0 Å². The first kappa shape index (κ1) is 12.9. The van der Waals surface area contributed by atoms with E-state index in [1.165, 1.54) is 64.8 Å². The van der Waals surface area contributed by atoms with E-state index in [1.807, 2.05) is 0 Å². The Bertz CT molecular complexity index is 269. The van der Waals surface area contributed by atoms with Crippen molar-refractivity contribution in [1.29, 1.82) is 0 Å². The highest BCUT2D eigenvalue weighted by Crippen LogP contribution is 2.30. The molecule has 3 nitrogen and oxygen atoms in total. The maximum atomic E-state index is 6.31. The molecule has 1 saturated heterocycles. The minimum absolute atomic E-state index is 0.461. The van der Waals surface area contributed by atoms with Crippen molar-refractivity contribution in [2.75, 3.05) is 32.7 Å². The lowest BCUT2D eigenvalue weighted by Crippen LogP contribution is -2.51. The molecule has 104 valence electrons. The highest BCUT2D eigenvalue weighted by molar-refractivity contribution is 4.89. The van der Waals surface area contributed by atoms with E-state index in [9.17, 15) is 0 Å². The van der Waals surface area contributed by atoms with Crippen molar-refractivity contribution in [2.45, 2.75) is 51.1 Å². The summed E-state index contributed by atoms with van der Waals surface area (Å²) < 4.78 is 0. The van der Waals surface area contributed by atoms with Crippen LogP contribution in [0.25, 0.3) is 0 Å². The van der Waals surface area contributed by atoms with Crippen LogP contribution >= 0.6 is 0 Å². The van der Waals surface area contributed by atoms with Gasteiger partial charge >= 0.3 is 0 Å². The number of nitrogens with two attached hydrogens (primary N) is 1. The van der Waals surface area contributed by atoms with Gasteiger partial charge < -0.3 is 10.6 Å². The molecule has 3 heteroatoms. The third kappa shape index (κ3) is 3.06. The number of hydrogen-bond donors (Lipinski definition) is 1. The lowest BCUT2D eigenvalue weighted by molar-refractivity contribution is 0.0934. The van der Waals surface area contributed by atoms with Gasteiger partial charge in [0.05, 0.1) is 0 Å². The quantitative estimate of drug-likeness (QED) is 0.825. The van der Waals surface area contributed by atoms with Crippen LogP contribution in [0.1, 0.15) is 39.0 Å². The van der Waals surface area contributed by atoms with Gasteiger partial charge in [0, 0.05) is 44.8 Å². The molecule has 0 spiro atoms. The van der Waals surface area contributed by atoms with Gasteiger partial charge in [-0.15, -0.1) is 0 Å². The lowest BCUT2D eigenvalue weighted by Gasteiger charge is -2.40. The molecule has 0 aromatic rings. The van der Waals surface area contributed by atoms with Crippen LogP contribution < -0.4 is 5.73 Å². The summed E-state index contributed by atoms with van der Waals surface area (Å²) in [5.41, 5.74) is 6.31. The molecule has 18 heavy (non-hydrogen) atoms. The van der Waals surface area contributed by atoms with Gasteiger partial charge in [-0.3, -0.25) is 4.90 Å². The molecule has 0 aromatic heterocycles. The molecule has 3 atom stereocenters. The van der Waals surface area contributed by atoms with Crippen molar-refractivity contribution in [1.82, 2.24) is 9.80 Å². The maximum absolute atomic E-state index is 6.31. The van der Waals surface area contributed by atoms with E-state index >= 15 is 0 Å². The molecular weight excluding hydrogens is 222 g/mol. The van der Waals surface area contributed by atoms with Crippen LogP contribution in [0.15, 0.2) is 0 Å². The van der Waals surface area contributed by atoms with E-state index in [0.29, 0.717) is 6.04 Å². The first-order valence-corrected chi connectivity index (χ1v) is 7.94. The fraction of sp³-hybridized carbons (Fsp3) is 1.00. The molecule has 3 aliphatic rings. The SMILES string of the molecule is CC1CCC(N)C(CN2CCN(C3CC3)CC2)C1. The smallest absolute Gasteiger partial charge is 0.0113 e. The molecule has 1 aliphatic heterocycles. The largest absolute Gasteiger partial charge is 0.327 e.